The molecule has 0 bridgehead atoms. The molecule has 2 aliphatic heterocycles. The summed E-state index contributed by atoms with van der Waals surface area (Å²) in [5.74, 6) is 0.472. The monoisotopic (exact) mass is 649 g/mol. The first kappa shape index (κ1) is 34.5. The number of rotatable bonds is 7. The molecular formula is C36H51N5O6. The Kier molecular flexibility index (Phi) is 10.1. The van der Waals surface area contributed by atoms with Gasteiger partial charge in [0.05, 0.1) is 24.0 Å². The van der Waals surface area contributed by atoms with Gasteiger partial charge in [0.2, 0.25) is 5.88 Å². The number of fused-ring (bicyclic) bond motifs is 1. The van der Waals surface area contributed by atoms with Crippen LogP contribution in [-0.4, -0.2) is 103 Å². The summed E-state index contributed by atoms with van der Waals surface area (Å²) < 4.78 is 22.6. The van der Waals surface area contributed by atoms with Crippen LogP contribution in [0.2, 0.25) is 0 Å². The van der Waals surface area contributed by atoms with Gasteiger partial charge in [-0.05, 0) is 72.9 Å². The van der Waals surface area contributed by atoms with Crippen molar-refractivity contribution < 1.29 is 28.5 Å². The summed E-state index contributed by atoms with van der Waals surface area (Å²) in [4.78, 5) is 40.7. The van der Waals surface area contributed by atoms with Crippen LogP contribution in [0.4, 0.5) is 15.3 Å². The Hall–Kier alpha value is -3.86. The lowest BCUT2D eigenvalue weighted by Gasteiger charge is -2.41. The molecule has 47 heavy (non-hydrogen) atoms. The number of piperidine rings is 1. The van der Waals surface area contributed by atoms with E-state index in [9.17, 15) is 9.59 Å². The normalized spacial score (nSPS) is 21.1. The van der Waals surface area contributed by atoms with Gasteiger partial charge in [-0.25, -0.2) is 14.6 Å². The Balaban J connectivity index is 1.31. The van der Waals surface area contributed by atoms with Crippen molar-refractivity contribution in [1.82, 2.24) is 19.8 Å². The van der Waals surface area contributed by atoms with E-state index in [1.807, 2.05) is 58.6 Å². The van der Waals surface area contributed by atoms with E-state index in [-0.39, 0.29) is 24.2 Å². The SMILES string of the molecule is COC1C=Cc2c(N3CCC4(CCCN(C(=O)OC(C)(C)C)C4)C3)cc(-c3ccc(OCCN(C)C(=O)OC(C)(C)C)nc3)nc2C1. The van der Waals surface area contributed by atoms with Crippen LogP contribution in [0, 0.1) is 5.41 Å². The second kappa shape index (κ2) is 13.7. The highest BCUT2D eigenvalue weighted by Crippen LogP contribution is 2.43. The van der Waals surface area contributed by atoms with E-state index in [0.717, 1.165) is 67.1 Å². The van der Waals surface area contributed by atoms with Crippen LogP contribution in [0.5, 0.6) is 5.88 Å². The van der Waals surface area contributed by atoms with Crippen molar-refractivity contribution in [2.24, 2.45) is 5.41 Å². The minimum Gasteiger partial charge on any atom is -0.476 e. The summed E-state index contributed by atoms with van der Waals surface area (Å²) in [6.07, 6.45) is 9.15. The van der Waals surface area contributed by atoms with E-state index >= 15 is 0 Å². The van der Waals surface area contributed by atoms with E-state index in [0.29, 0.717) is 25.4 Å². The predicted octanol–water partition coefficient (Wildman–Crippen LogP) is 6.20. The fourth-order valence-corrected chi connectivity index (χ4v) is 6.46. The topological polar surface area (TPSA) is 107 Å². The molecule has 11 heteroatoms. The highest BCUT2D eigenvalue weighted by molar-refractivity contribution is 5.77. The van der Waals surface area contributed by atoms with Crippen molar-refractivity contribution in [3.8, 4) is 17.1 Å². The number of methoxy groups -OCH3 is 1. The number of carbonyl (C=O) groups is 2. The summed E-state index contributed by atoms with van der Waals surface area (Å²) in [5.41, 5.74) is 3.96. The molecule has 0 radical (unpaired) electrons. The highest BCUT2D eigenvalue weighted by Gasteiger charge is 2.44. The Bertz CT molecular complexity index is 1460. The van der Waals surface area contributed by atoms with Crippen LogP contribution in [0.25, 0.3) is 17.3 Å². The molecule has 2 atom stereocenters. The summed E-state index contributed by atoms with van der Waals surface area (Å²) >= 11 is 0. The standard InChI is InChI=1S/C36H51N5O6/c1-34(2,3)46-32(42)39(7)18-19-45-31-13-10-25(22-37-31)28-21-30(27-12-11-26(44-8)20-29(27)38-28)40-17-15-36(23-40)14-9-16-41(24-36)33(43)47-35(4,5)6/h10-13,21-22,26H,9,14-20,23-24H2,1-8H3. The van der Waals surface area contributed by atoms with Gasteiger partial charge in [-0.1, -0.05) is 12.2 Å². The molecule has 1 aliphatic carbocycles. The lowest BCUT2D eigenvalue weighted by Crippen LogP contribution is -2.48. The molecule has 2 amide bonds. The molecular weight excluding hydrogens is 598 g/mol. The zero-order valence-corrected chi connectivity index (χ0v) is 29.3. The van der Waals surface area contributed by atoms with Crippen LogP contribution in [0.1, 0.15) is 72.1 Å². The first-order chi connectivity index (χ1) is 22.1. The van der Waals surface area contributed by atoms with Crippen molar-refractivity contribution in [3.05, 3.63) is 41.7 Å². The van der Waals surface area contributed by atoms with E-state index in [2.05, 4.69) is 28.1 Å². The number of ether oxygens (including phenoxy) is 4. The fourth-order valence-electron chi connectivity index (χ4n) is 6.46. The molecule has 5 rings (SSSR count). The van der Waals surface area contributed by atoms with Crippen LogP contribution >= 0.6 is 0 Å². The van der Waals surface area contributed by atoms with Crippen molar-refractivity contribution in [1.29, 1.82) is 0 Å². The van der Waals surface area contributed by atoms with Crippen molar-refractivity contribution >= 4 is 23.9 Å². The molecule has 256 valence electrons. The molecule has 0 saturated carbocycles. The van der Waals surface area contributed by atoms with E-state index < -0.39 is 17.3 Å². The number of hydrogen-bond acceptors (Lipinski definition) is 9. The number of anilines is 1. The minimum atomic E-state index is -0.552. The zero-order valence-electron chi connectivity index (χ0n) is 29.3. The molecule has 2 saturated heterocycles. The quantitative estimate of drug-likeness (QED) is 0.347. The first-order valence-corrected chi connectivity index (χ1v) is 16.6. The van der Waals surface area contributed by atoms with Gasteiger partial charge in [0, 0.05) is 81.2 Å². The van der Waals surface area contributed by atoms with Gasteiger partial charge in [-0.15, -0.1) is 0 Å². The Morgan fingerprint density at radius 1 is 1.04 bits per heavy atom. The summed E-state index contributed by atoms with van der Waals surface area (Å²) in [7, 11) is 3.41. The Morgan fingerprint density at radius 2 is 1.81 bits per heavy atom. The third kappa shape index (κ3) is 8.74. The van der Waals surface area contributed by atoms with Gasteiger partial charge in [-0.3, -0.25) is 4.98 Å². The summed E-state index contributed by atoms with van der Waals surface area (Å²) in [5, 5.41) is 0. The molecule has 3 aliphatic rings. The maximum absolute atomic E-state index is 13.0. The van der Waals surface area contributed by atoms with E-state index in [1.54, 1.807) is 20.4 Å². The number of likely N-dealkylation sites (N-methyl/N-ethyl adjacent to an activating group) is 1. The highest BCUT2D eigenvalue weighted by atomic mass is 16.6. The molecule has 11 nitrogen and oxygen atoms in total. The lowest BCUT2D eigenvalue weighted by atomic mass is 9.79. The van der Waals surface area contributed by atoms with Gasteiger partial charge < -0.3 is 33.6 Å². The van der Waals surface area contributed by atoms with Crippen molar-refractivity contribution in [3.63, 3.8) is 0 Å². The number of amides is 2. The lowest BCUT2D eigenvalue weighted by molar-refractivity contribution is 0.00710. The van der Waals surface area contributed by atoms with E-state index in [1.165, 1.54) is 4.90 Å². The number of nitrogens with zero attached hydrogens (tertiary/aromatic N) is 5. The molecule has 1 spiro atoms. The summed E-state index contributed by atoms with van der Waals surface area (Å²) in [6, 6.07) is 5.97. The maximum Gasteiger partial charge on any atom is 0.410 e. The molecule has 4 heterocycles. The third-order valence-electron chi connectivity index (χ3n) is 8.80. The first-order valence-electron chi connectivity index (χ1n) is 16.6. The number of hydrogen-bond donors (Lipinski definition) is 0. The fraction of sp³-hybridized carbons (Fsp3) is 0.611. The second-order valence-electron chi connectivity index (χ2n) is 15.0. The number of aromatic nitrogens is 2. The maximum atomic E-state index is 13.0. The van der Waals surface area contributed by atoms with Crippen LogP contribution in [0.3, 0.4) is 0 Å². The molecule has 0 aromatic carbocycles. The summed E-state index contributed by atoms with van der Waals surface area (Å²) in [6.45, 7) is 15.1. The number of pyridine rings is 2. The van der Waals surface area contributed by atoms with Gasteiger partial charge in [0.1, 0.15) is 17.8 Å². The average Bonchev–Trinajstić information content (AvgIpc) is 3.41. The molecule has 2 unspecified atom stereocenters. The number of likely N-dealkylation sites (tertiary alicyclic amines) is 1. The number of carbonyl (C=O) groups excluding carboxylic acids is 2. The van der Waals surface area contributed by atoms with E-state index in [4.69, 9.17) is 23.9 Å². The molecule has 2 aromatic rings. The van der Waals surface area contributed by atoms with Crippen molar-refractivity contribution in [2.75, 3.05) is 58.4 Å². The van der Waals surface area contributed by atoms with Gasteiger partial charge >= 0.3 is 12.2 Å². The second-order valence-corrected chi connectivity index (χ2v) is 15.0. The third-order valence-corrected chi connectivity index (χ3v) is 8.80. The smallest absolute Gasteiger partial charge is 0.410 e. The average molecular weight is 650 g/mol. The molecule has 2 fully saturated rings. The predicted molar refractivity (Wildman–Crippen MR) is 182 cm³/mol. The Labute approximate surface area is 279 Å². The van der Waals surface area contributed by atoms with Crippen LogP contribution in [0.15, 0.2) is 30.5 Å². The van der Waals surface area contributed by atoms with Gasteiger partial charge in [-0.2, -0.15) is 0 Å². The van der Waals surface area contributed by atoms with Crippen LogP contribution < -0.4 is 9.64 Å². The van der Waals surface area contributed by atoms with Gasteiger partial charge in [0.25, 0.3) is 0 Å². The van der Waals surface area contributed by atoms with Gasteiger partial charge in [0.15, 0.2) is 0 Å². The Morgan fingerprint density at radius 3 is 2.49 bits per heavy atom. The minimum absolute atomic E-state index is 0.0248. The van der Waals surface area contributed by atoms with Crippen LogP contribution in [-0.2, 0) is 20.6 Å². The van der Waals surface area contributed by atoms with Crippen molar-refractivity contribution in [2.45, 2.75) is 84.5 Å². The molecule has 2 aromatic heterocycles. The largest absolute Gasteiger partial charge is 0.476 e. The zero-order chi connectivity index (χ0) is 34.0. The molecule has 0 N–H and O–H groups in total.